The van der Waals surface area contributed by atoms with Crippen LogP contribution in [-0.4, -0.2) is 40.9 Å². The van der Waals surface area contributed by atoms with Crippen LogP contribution in [0, 0.1) is 0 Å². The standard InChI is InChI=1S/C29H25N3O6S/c1-4-36-23-13-6-18(16-24(23)35-3)7-15-26-30-29-32(31-26)27(33)25(39-29)17-21-12-14-22(38-21)19-8-10-20(11-9-19)28(34)37-5-2/h6-17H,4-5H2,1-3H3/b15-7+,25-17-. The maximum atomic E-state index is 12.9. The van der Waals surface area contributed by atoms with Crippen molar-refractivity contribution in [3.63, 3.8) is 0 Å². The van der Waals surface area contributed by atoms with E-state index in [1.165, 1.54) is 15.9 Å². The molecule has 0 unspecified atom stereocenters. The van der Waals surface area contributed by atoms with E-state index in [1.54, 1.807) is 56.5 Å². The number of aromatic nitrogens is 3. The first-order valence-electron chi connectivity index (χ1n) is 12.3. The molecule has 0 spiro atoms. The third-order valence-corrected chi connectivity index (χ3v) is 6.65. The summed E-state index contributed by atoms with van der Waals surface area (Å²) in [5.74, 6) is 2.49. The molecular weight excluding hydrogens is 518 g/mol. The van der Waals surface area contributed by atoms with E-state index in [-0.39, 0.29) is 11.5 Å². The minimum Gasteiger partial charge on any atom is -0.493 e. The number of esters is 1. The van der Waals surface area contributed by atoms with Crippen LogP contribution in [0.15, 0.2) is 63.8 Å². The molecule has 10 heteroatoms. The summed E-state index contributed by atoms with van der Waals surface area (Å²) in [5, 5.41) is 4.34. The predicted molar refractivity (Wildman–Crippen MR) is 149 cm³/mol. The zero-order valence-electron chi connectivity index (χ0n) is 21.5. The zero-order chi connectivity index (χ0) is 27.4. The van der Waals surface area contributed by atoms with Crippen molar-refractivity contribution in [1.29, 1.82) is 0 Å². The summed E-state index contributed by atoms with van der Waals surface area (Å²) in [4.78, 5) is 29.7. The van der Waals surface area contributed by atoms with E-state index in [4.69, 9.17) is 18.6 Å². The van der Waals surface area contributed by atoms with Crippen LogP contribution < -0.4 is 19.6 Å². The number of fused-ring (bicyclic) bond motifs is 1. The van der Waals surface area contributed by atoms with Gasteiger partial charge >= 0.3 is 5.97 Å². The zero-order valence-corrected chi connectivity index (χ0v) is 22.4. The van der Waals surface area contributed by atoms with E-state index < -0.39 is 0 Å². The van der Waals surface area contributed by atoms with E-state index in [1.807, 2.05) is 37.3 Å². The highest BCUT2D eigenvalue weighted by Gasteiger charge is 2.12. The molecule has 0 aliphatic carbocycles. The molecule has 0 aliphatic heterocycles. The Morgan fingerprint density at radius 2 is 1.85 bits per heavy atom. The molecule has 0 fully saturated rings. The Kier molecular flexibility index (Phi) is 7.55. The number of nitrogens with zero attached hydrogens (tertiary/aromatic N) is 3. The molecule has 0 amide bonds. The molecule has 39 heavy (non-hydrogen) atoms. The molecule has 2 aromatic carbocycles. The van der Waals surface area contributed by atoms with Crippen LogP contribution in [0.4, 0.5) is 0 Å². The summed E-state index contributed by atoms with van der Waals surface area (Å²) in [6.07, 6.45) is 5.25. The molecular formula is C29H25N3O6S. The first-order chi connectivity index (χ1) is 19.0. The van der Waals surface area contributed by atoms with Gasteiger partial charge < -0.3 is 18.6 Å². The van der Waals surface area contributed by atoms with Crippen molar-refractivity contribution in [3.05, 3.63) is 92.2 Å². The van der Waals surface area contributed by atoms with Gasteiger partial charge in [0.05, 0.1) is 25.9 Å². The van der Waals surface area contributed by atoms with Gasteiger partial charge in [-0.25, -0.2) is 4.79 Å². The Hall–Kier alpha value is -4.70. The third-order valence-electron chi connectivity index (χ3n) is 5.69. The first-order valence-corrected chi connectivity index (χ1v) is 13.1. The fraction of sp³-hybridized carbons (Fsp3) is 0.172. The second-order valence-corrected chi connectivity index (χ2v) is 9.27. The Morgan fingerprint density at radius 3 is 2.56 bits per heavy atom. The highest BCUT2D eigenvalue weighted by Crippen LogP contribution is 2.29. The SMILES string of the molecule is CCOC(=O)c1ccc(-c2ccc(/C=c3\sc4nc(/C=C/c5ccc(OCC)c(OC)c5)nn4c3=O)o2)cc1. The maximum absolute atomic E-state index is 12.9. The van der Waals surface area contributed by atoms with Gasteiger partial charge in [-0.15, -0.1) is 5.10 Å². The highest BCUT2D eigenvalue weighted by atomic mass is 32.1. The van der Waals surface area contributed by atoms with Gasteiger partial charge in [-0.3, -0.25) is 4.79 Å². The quantitative estimate of drug-likeness (QED) is 0.246. The molecule has 0 saturated heterocycles. The summed E-state index contributed by atoms with van der Waals surface area (Å²) >= 11 is 1.23. The highest BCUT2D eigenvalue weighted by molar-refractivity contribution is 7.15. The maximum Gasteiger partial charge on any atom is 0.338 e. The van der Waals surface area contributed by atoms with Gasteiger partial charge in [0.25, 0.3) is 5.56 Å². The molecule has 0 saturated carbocycles. The van der Waals surface area contributed by atoms with Crippen LogP contribution in [-0.2, 0) is 4.74 Å². The lowest BCUT2D eigenvalue weighted by atomic mass is 10.1. The number of benzene rings is 2. The van der Waals surface area contributed by atoms with E-state index in [2.05, 4.69) is 10.1 Å². The topological polar surface area (TPSA) is 105 Å². The predicted octanol–water partition coefficient (Wildman–Crippen LogP) is 4.71. The van der Waals surface area contributed by atoms with E-state index in [0.717, 1.165) is 11.1 Å². The number of methoxy groups -OCH3 is 1. The van der Waals surface area contributed by atoms with Crippen LogP contribution in [0.5, 0.6) is 11.5 Å². The second kappa shape index (κ2) is 11.4. The number of hydrogen-bond donors (Lipinski definition) is 0. The molecule has 0 radical (unpaired) electrons. The molecule has 5 rings (SSSR count). The smallest absolute Gasteiger partial charge is 0.338 e. The van der Waals surface area contributed by atoms with Gasteiger partial charge in [-0.1, -0.05) is 35.6 Å². The van der Waals surface area contributed by atoms with Gasteiger partial charge in [0, 0.05) is 11.6 Å². The van der Waals surface area contributed by atoms with Gasteiger partial charge in [0.15, 0.2) is 17.3 Å². The summed E-state index contributed by atoms with van der Waals surface area (Å²) in [6.45, 7) is 4.55. The van der Waals surface area contributed by atoms with Crippen molar-refractivity contribution in [2.24, 2.45) is 0 Å². The fourth-order valence-corrected chi connectivity index (χ4v) is 4.75. The van der Waals surface area contributed by atoms with Gasteiger partial charge in [-0.05, 0) is 61.9 Å². The number of hydrogen-bond acceptors (Lipinski definition) is 9. The Bertz CT molecular complexity index is 1760. The molecule has 0 atom stereocenters. The summed E-state index contributed by atoms with van der Waals surface area (Å²) in [6, 6.07) is 16.2. The average Bonchev–Trinajstić information content (AvgIpc) is 3.65. The van der Waals surface area contributed by atoms with Crippen molar-refractivity contribution in [1.82, 2.24) is 14.6 Å². The minimum atomic E-state index is -0.369. The van der Waals surface area contributed by atoms with E-state index in [9.17, 15) is 9.59 Å². The third kappa shape index (κ3) is 5.60. The van der Waals surface area contributed by atoms with Crippen LogP contribution in [0.2, 0.25) is 0 Å². The summed E-state index contributed by atoms with van der Waals surface area (Å²) in [7, 11) is 1.59. The summed E-state index contributed by atoms with van der Waals surface area (Å²) in [5.41, 5.74) is 1.88. The first kappa shape index (κ1) is 25.9. The number of furan rings is 1. The lowest BCUT2D eigenvalue weighted by molar-refractivity contribution is 0.0526. The summed E-state index contributed by atoms with van der Waals surface area (Å²) < 4.78 is 23.6. The lowest BCUT2D eigenvalue weighted by Gasteiger charge is -2.09. The molecule has 3 heterocycles. The molecule has 0 bridgehead atoms. The fourth-order valence-electron chi connectivity index (χ4n) is 3.85. The van der Waals surface area contributed by atoms with Crippen molar-refractivity contribution in [2.45, 2.75) is 13.8 Å². The monoisotopic (exact) mass is 543 g/mol. The normalized spacial score (nSPS) is 11.9. The number of carbonyl (C=O) groups excluding carboxylic acids is 1. The number of thiazole rings is 1. The minimum absolute atomic E-state index is 0.276. The van der Waals surface area contributed by atoms with Crippen LogP contribution in [0.25, 0.3) is 34.5 Å². The van der Waals surface area contributed by atoms with E-state index >= 15 is 0 Å². The Balaban J connectivity index is 1.34. The van der Waals surface area contributed by atoms with Crippen LogP contribution >= 0.6 is 11.3 Å². The molecule has 0 aliphatic rings. The van der Waals surface area contributed by atoms with Crippen molar-refractivity contribution in [2.75, 3.05) is 20.3 Å². The number of ether oxygens (including phenoxy) is 3. The Labute approximate surface area is 227 Å². The molecule has 5 aromatic rings. The van der Waals surface area contributed by atoms with Crippen LogP contribution in [0.3, 0.4) is 0 Å². The molecule has 0 N–H and O–H groups in total. The number of rotatable bonds is 9. The van der Waals surface area contributed by atoms with Gasteiger partial charge in [0.2, 0.25) is 4.96 Å². The van der Waals surface area contributed by atoms with Crippen molar-refractivity contribution in [3.8, 4) is 22.8 Å². The van der Waals surface area contributed by atoms with Gasteiger partial charge in [0.1, 0.15) is 16.1 Å². The average molecular weight is 544 g/mol. The van der Waals surface area contributed by atoms with E-state index in [0.29, 0.717) is 57.1 Å². The van der Waals surface area contributed by atoms with Crippen LogP contribution in [0.1, 0.15) is 41.4 Å². The Morgan fingerprint density at radius 1 is 1.03 bits per heavy atom. The second-order valence-electron chi connectivity index (χ2n) is 8.26. The van der Waals surface area contributed by atoms with Crippen molar-refractivity contribution < 1.29 is 23.4 Å². The number of carbonyl (C=O) groups is 1. The molecule has 9 nitrogen and oxygen atoms in total. The molecule has 3 aromatic heterocycles. The largest absolute Gasteiger partial charge is 0.493 e. The lowest BCUT2D eigenvalue weighted by Crippen LogP contribution is -2.23. The van der Waals surface area contributed by atoms with Crippen molar-refractivity contribution >= 4 is 40.5 Å². The van der Waals surface area contributed by atoms with Gasteiger partial charge in [-0.2, -0.15) is 9.50 Å². The molecule has 198 valence electrons.